The van der Waals surface area contributed by atoms with Gasteiger partial charge in [-0.25, -0.2) is 0 Å². The Hall–Kier alpha value is -0.860. The predicted molar refractivity (Wildman–Crippen MR) is 123 cm³/mol. The lowest BCUT2D eigenvalue weighted by Crippen LogP contribution is -2.42. The van der Waals surface area contributed by atoms with Gasteiger partial charge in [-0.2, -0.15) is 0 Å². The molecule has 1 aliphatic rings. The number of hydrogen-bond donors (Lipinski definition) is 2. The number of halogens is 1. The smallest absolute Gasteiger partial charge is 0.190 e. The number of ether oxygens (including phenoxy) is 2. The van der Waals surface area contributed by atoms with E-state index in [9.17, 15) is 0 Å². The van der Waals surface area contributed by atoms with E-state index in [0.29, 0.717) is 5.92 Å². The van der Waals surface area contributed by atoms with Crippen LogP contribution in [0, 0.1) is 12.8 Å². The highest BCUT2D eigenvalue weighted by Gasteiger charge is 2.27. The van der Waals surface area contributed by atoms with Gasteiger partial charge in [0.1, 0.15) is 0 Å². The van der Waals surface area contributed by atoms with Gasteiger partial charge in [0.2, 0.25) is 0 Å². The van der Waals surface area contributed by atoms with Crippen LogP contribution >= 0.6 is 24.0 Å². The number of nitrogens with one attached hydrogen (secondary N) is 2. The van der Waals surface area contributed by atoms with Crippen molar-refractivity contribution in [2.75, 3.05) is 40.5 Å². The van der Waals surface area contributed by atoms with Crippen molar-refractivity contribution in [2.24, 2.45) is 10.9 Å². The highest BCUT2D eigenvalue weighted by molar-refractivity contribution is 14.0. The molecule has 0 aliphatic carbocycles. The minimum atomic E-state index is 0. The lowest BCUT2D eigenvalue weighted by Gasteiger charge is -2.32. The van der Waals surface area contributed by atoms with Crippen molar-refractivity contribution in [1.82, 2.24) is 10.6 Å². The van der Waals surface area contributed by atoms with Crippen molar-refractivity contribution < 1.29 is 9.47 Å². The Morgan fingerprint density at radius 1 is 1.19 bits per heavy atom. The van der Waals surface area contributed by atoms with Crippen LogP contribution in [-0.2, 0) is 9.47 Å². The maximum absolute atomic E-state index is 6.11. The molecule has 1 saturated heterocycles. The summed E-state index contributed by atoms with van der Waals surface area (Å²) in [5.74, 6) is 1.34. The molecule has 0 amide bonds. The van der Waals surface area contributed by atoms with Crippen LogP contribution in [0.25, 0.3) is 0 Å². The minimum absolute atomic E-state index is 0. The third-order valence-corrected chi connectivity index (χ3v) is 4.92. The second kappa shape index (κ2) is 14.2. The van der Waals surface area contributed by atoms with Gasteiger partial charge >= 0.3 is 0 Å². The summed E-state index contributed by atoms with van der Waals surface area (Å²) in [6, 6.07) is 8.74. The van der Waals surface area contributed by atoms with Crippen LogP contribution in [0.1, 0.15) is 49.3 Å². The van der Waals surface area contributed by atoms with Gasteiger partial charge in [0.25, 0.3) is 0 Å². The maximum atomic E-state index is 6.11. The molecule has 0 bridgehead atoms. The van der Waals surface area contributed by atoms with Crippen LogP contribution in [0.15, 0.2) is 29.3 Å². The van der Waals surface area contributed by atoms with Crippen LogP contribution in [-0.4, -0.2) is 46.4 Å². The Labute approximate surface area is 181 Å². The molecule has 0 radical (unpaired) electrons. The Balaban J connectivity index is 0.00000364. The van der Waals surface area contributed by atoms with E-state index in [2.05, 4.69) is 46.8 Å². The van der Waals surface area contributed by atoms with Crippen molar-refractivity contribution in [3.05, 3.63) is 35.4 Å². The summed E-state index contributed by atoms with van der Waals surface area (Å²) in [5, 5.41) is 6.89. The lowest BCUT2D eigenvalue weighted by molar-refractivity contribution is -0.0265. The lowest BCUT2D eigenvalue weighted by atomic mass is 9.89. The van der Waals surface area contributed by atoms with Crippen LogP contribution < -0.4 is 10.6 Å². The number of hydrogen-bond acceptors (Lipinski definition) is 3. The van der Waals surface area contributed by atoms with Crippen molar-refractivity contribution in [2.45, 2.75) is 45.1 Å². The quantitative estimate of drug-likeness (QED) is 0.238. The fraction of sp³-hybridized carbons (Fsp3) is 0.667. The standard InChI is InChI=1S/C21H35N3O2.HI/c1-17-9-11-18(12-10-17)20-19(8-7-15-26-20)16-24-21(22-2)23-13-5-4-6-14-25-3;/h9-12,19-20H,4-8,13-16H2,1-3H3,(H2,22,23,24);1H. The van der Waals surface area contributed by atoms with Gasteiger partial charge in [-0.3, -0.25) is 4.99 Å². The van der Waals surface area contributed by atoms with E-state index in [-0.39, 0.29) is 30.1 Å². The SMILES string of the molecule is CN=C(NCCCCCOC)NCC1CCCOC1c1ccc(C)cc1.I. The highest BCUT2D eigenvalue weighted by atomic mass is 127. The molecule has 1 aliphatic heterocycles. The molecule has 1 aromatic carbocycles. The van der Waals surface area contributed by atoms with Crippen LogP contribution in [0.4, 0.5) is 0 Å². The summed E-state index contributed by atoms with van der Waals surface area (Å²) >= 11 is 0. The zero-order chi connectivity index (χ0) is 18.6. The van der Waals surface area contributed by atoms with Gasteiger partial charge in [0.05, 0.1) is 6.10 Å². The fourth-order valence-electron chi connectivity index (χ4n) is 3.38. The van der Waals surface area contributed by atoms with E-state index in [1.54, 1.807) is 7.11 Å². The largest absolute Gasteiger partial charge is 0.385 e. The molecule has 27 heavy (non-hydrogen) atoms. The number of methoxy groups -OCH3 is 1. The molecule has 2 unspecified atom stereocenters. The van der Waals surface area contributed by atoms with E-state index in [1.807, 2.05) is 7.05 Å². The molecule has 6 heteroatoms. The molecule has 2 atom stereocenters. The highest BCUT2D eigenvalue weighted by Crippen LogP contribution is 2.33. The zero-order valence-corrected chi connectivity index (χ0v) is 19.3. The summed E-state index contributed by atoms with van der Waals surface area (Å²) in [4.78, 5) is 4.34. The monoisotopic (exact) mass is 489 g/mol. The summed E-state index contributed by atoms with van der Waals surface area (Å²) < 4.78 is 11.2. The van der Waals surface area contributed by atoms with E-state index < -0.39 is 0 Å². The number of nitrogens with zero attached hydrogens (tertiary/aromatic N) is 1. The first-order chi connectivity index (χ1) is 12.7. The molecule has 1 heterocycles. The third-order valence-electron chi connectivity index (χ3n) is 4.92. The Bertz CT molecular complexity index is 537. The molecule has 1 aromatic rings. The molecule has 2 rings (SSSR count). The summed E-state index contributed by atoms with van der Waals surface area (Å²) in [6.45, 7) is 5.63. The van der Waals surface area contributed by atoms with Crippen molar-refractivity contribution in [1.29, 1.82) is 0 Å². The Kier molecular flexibility index (Phi) is 12.7. The molecule has 5 nitrogen and oxygen atoms in total. The molecular weight excluding hydrogens is 453 g/mol. The third kappa shape index (κ3) is 8.79. The Morgan fingerprint density at radius 2 is 1.96 bits per heavy atom. The minimum Gasteiger partial charge on any atom is -0.385 e. The Morgan fingerprint density at radius 3 is 2.67 bits per heavy atom. The van der Waals surface area contributed by atoms with Gasteiger partial charge in [0.15, 0.2) is 5.96 Å². The molecule has 0 aromatic heterocycles. The fourth-order valence-corrected chi connectivity index (χ4v) is 3.38. The molecule has 2 N–H and O–H groups in total. The average molecular weight is 489 g/mol. The molecule has 154 valence electrons. The van der Waals surface area contributed by atoms with E-state index >= 15 is 0 Å². The van der Waals surface area contributed by atoms with Crippen molar-refractivity contribution in [3.8, 4) is 0 Å². The number of benzene rings is 1. The first kappa shape index (κ1) is 24.2. The molecule has 0 spiro atoms. The second-order valence-corrected chi connectivity index (χ2v) is 7.04. The van der Waals surface area contributed by atoms with Gasteiger partial charge in [-0.1, -0.05) is 29.8 Å². The average Bonchev–Trinajstić information content (AvgIpc) is 2.68. The normalized spacial score (nSPS) is 20.0. The topological polar surface area (TPSA) is 54.9 Å². The van der Waals surface area contributed by atoms with Gasteiger partial charge in [-0.05, 0) is 44.6 Å². The van der Waals surface area contributed by atoms with E-state index in [0.717, 1.165) is 51.5 Å². The molecule has 0 saturated carbocycles. The predicted octanol–water partition coefficient (Wildman–Crippen LogP) is 4.06. The van der Waals surface area contributed by atoms with Crippen LogP contribution in [0.2, 0.25) is 0 Å². The van der Waals surface area contributed by atoms with Gasteiger partial charge in [-0.15, -0.1) is 24.0 Å². The van der Waals surface area contributed by atoms with Crippen LogP contribution in [0.3, 0.4) is 0 Å². The number of aryl methyl sites for hydroxylation is 1. The first-order valence-corrected chi connectivity index (χ1v) is 9.86. The summed E-state index contributed by atoms with van der Waals surface area (Å²) in [7, 11) is 3.58. The molecule has 1 fully saturated rings. The first-order valence-electron chi connectivity index (χ1n) is 9.86. The second-order valence-electron chi connectivity index (χ2n) is 7.04. The van der Waals surface area contributed by atoms with Gasteiger partial charge < -0.3 is 20.1 Å². The maximum Gasteiger partial charge on any atom is 0.190 e. The number of rotatable bonds is 9. The number of guanidine groups is 1. The summed E-state index contributed by atoms with van der Waals surface area (Å²) in [5.41, 5.74) is 2.57. The number of aliphatic imine (C=N–C) groups is 1. The number of unbranched alkanes of at least 4 members (excludes halogenated alkanes) is 2. The van der Waals surface area contributed by atoms with E-state index in [1.165, 1.54) is 24.0 Å². The van der Waals surface area contributed by atoms with Crippen molar-refractivity contribution in [3.63, 3.8) is 0 Å². The molecular formula is C21H36IN3O2. The van der Waals surface area contributed by atoms with Gasteiger partial charge in [0, 0.05) is 46.4 Å². The van der Waals surface area contributed by atoms with Crippen molar-refractivity contribution >= 4 is 29.9 Å². The zero-order valence-electron chi connectivity index (χ0n) is 17.0. The summed E-state index contributed by atoms with van der Waals surface area (Å²) in [6.07, 6.45) is 5.89. The van der Waals surface area contributed by atoms with E-state index in [4.69, 9.17) is 9.47 Å². The van der Waals surface area contributed by atoms with Crippen LogP contribution in [0.5, 0.6) is 0 Å².